The summed E-state index contributed by atoms with van der Waals surface area (Å²) in [6, 6.07) is 4.15. The average molecular weight is 471 g/mol. The van der Waals surface area contributed by atoms with Crippen LogP contribution in [0.1, 0.15) is 24.6 Å². The van der Waals surface area contributed by atoms with Crippen LogP contribution in [-0.4, -0.2) is 60.1 Å². The van der Waals surface area contributed by atoms with Crippen molar-refractivity contribution in [2.45, 2.75) is 26.7 Å². The Bertz CT molecular complexity index is 730. The quantitative estimate of drug-likeness (QED) is 0.400. The molecule has 1 fully saturated rings. The summed E-state index contributed by atoms with van der Waals surface area (Å²) in [4.78, 5) is 11.5. The molecule has 2 aromatic heterocycles. The van der Waals surface area contributed by atoms with Crippen LogP contribution in [0.4, 0.5) is 0 Å². The van der Waals surface area contributed by atoms with Crippen LogP contribution in [-0.2, 0) is 11.2 Å². The number of rotatable bonds is 6. The first-order valence-electron chi connectivity index (χ1n) is 9.17. The van der Waals surface area contributed by atoms with Gasteiger partial charge >= 0.3 is 0 Å². The van der Waals surface area contributed by atoms with Gasteiger partial charge in [-0.3, -0.25) is 4.99 Å². The molecule has 0 spiro atoms. The lowest BCUT2D eigenvalue weighted by Gasteiger charge is -2.21. The highest BCUT2D eigenvalue weighted by molar-refractivity contribution is 14.0. The number of halogens is 1. The van der Waals surface area contributed by atoms with Gasteiger partial charge in [-0.15, -0.1) is 24.0 Å². The third kappa shape index (κ3) is 5.09. The molecule has 1 N–H and O–H groups in total. The van der Waals surface area contributed by atoms with Gasteiger partial charge in [-0.1, -0.05) is 6.07 Å². The fourth-order valence-electron chi connectivity index (χ4n) is 3.41. The van der Waals surface area contributed by atoms with Gasteiger partial charge in [-0.25, -0.2) is 4.98 Å². The monoisotopic (exact) mass is 471 g/mol. The van der Waals surface area contributed by atoms with E-state index in [4.69, 9.17) is 9.72 Å². The lowest BCUT2D eigenvalue weighted by molar-refractivity contribution is 0.114. The van der Waals surface area contributed by atoms with Crippen LogP contribution in [0.5, 0.6) is 0 Å². The van der Waals surface area contributed by atoms with Gasteiger partial charge in [-0.05, 0) is 31.9 Å². The number of guanidine groups is 1. The van der Waals surface area contributed by atoms with Gasteiger partial charge in [0.15, 0.2) is 5.96 Å². The number of imidazole rings is 1. The second kappa shape index (κ2) is 10.1. The smallest absolute Gasteiger partial charge is 0.193 e. The number of aryl methyl sites for hydroxylation is 1. The number of hydrogen-bond donors (Lipinski definition) is 1. The number of nitrogens with one attached hydrogen (secondary N) is 1. The summed E-state index contributed by atoms with van der Waals surface area (Å²) in [7, 11) is 1.85. The van der Waals surface area contributed by atoms with E-state index in [1.54, 1.807) is 0 Å². The van der Waals surface area contributed by atoms with E-state index in [0.29, 0.717) is 5.92 Å². The molecule has 7 heteroatoms. The van der Waals surface area contributed by atoms with E-state index < -0.39 is 0 Å². The molecule has 1 saturated heterocycles. The molecule has 0 bridgehead atoms. The average Bonchev–Trinajstić information content (AvgIpc) is 3.24. The summed E-state index contributed by atoms with van der Waals surface area (Å²) in [6.45, 7) is 8.69. The highest BCUT2D eigenvalue weighted by atomic mass is 127. The van der Waals surface area contributed by atoms with Crippen LogP contribution in [0.2, 0.25) is 0 Å². The van der Waals surface area contributed by atoms with E-state index in [-0.39, 0.29) is 24.0 Å². The van der Waals surface area contributed by atoms with Crippen molar-refractivity contribution in [3.63, 3.8) is 0 Å². The Kier molecular flexibility index (Phi) is 8.15. The number of aromatic nitrogens is 2. The Morgan fingerprint density at radius 2 is 2.31 bits per heavy atom. The van der Waals surface area contributed by atoms with Crippen LogP contribution >= 0.6 is 24.0 Å². The number of ether oxygens (including phenoxy) is 1. The first kappa shape index (κ1) is 21.0. The van der Waals surface area contributed by atoms with Gasteiger partial charge in [0.1, 0.15) is 5.65 Å². The zero-order valence-electron chi connectivity index (χ0n) is 15.9. The Hall–Kier alpha value is -1.35. The van der Waals surface area contributed by atoms with Crippen molar-refractivity contribution in [3.8, 4) is 0 Å². The first-order valence-corrected chi connectivity index (χ1v) is 9.17. The third-order valence-electron chi connectivity index (χ3n) is 4.75. The molecule has 3 rings (SSSR count). The molecule has 1 aliphatic heterocycles. The molecule has 0 saturated carbocycles. The van der Waals surface area contributed by atoms with Gasteiger partial charge in [0, 0.05) is 58.0 Å². The molecule has 1 atom stereocenters. The Morgan fingerprint density at radius 1 is 1.46 bits per heavy atom. The molecule has 26 heavy (non-hydrogen) atoms. The molecule has 0 radical (unpaired) electrons. The van der Waals surface area contributed by atoms with Crippen LogP contribution in [0, 0.1) is 12.8 Å². The molecular weight excluding hydrogens is 441 g/mol. The minimum atomic E-state index is 0. The molecule has 144 valence electrons. The number of aliphatic imine (C=N–C) groups is 1. The fourth-order valence-corrected chi connectivity index (χ4v) is 3.41. The largest absolute Gasteiger partial charge is 0.381 e. The third-order valence-corrected chi connectivity index (χ3v) is 4.75. The predicted octanol–water partition coefficient (Wildman–Crippen LogP) is 2.74. The Morgan fingerprint density at radius 3 is 3.04 bits per heavy atom. The zero-order chi connectivity index (χ0) is 17.6. The van der Waals surface area contributed by atoms with Gasteiger partial charge in [0.2, 0.25) is 0 Å². The molecule has 0 aromatic carbocycles. The van der Waals surface area contributed by atoms with Crippen molar-refractivity contribution in [1.82, 2.24) is 19.6 Å². The number of pyridine rings is 1. The molecule has 2 aromatic rings. The summed E-state index contributed by atoms with van der Waals surface area (Å²) >= 11 is 0. The van der Waals surface area contributed by atoms with Crippen molar-refractivity contribution in [1.29, 1.82) is 0 Å². The minimum absolute atomic E-state index is 0. The number of nitrogens with zero attached hydrogens (tertiary/aromatic N) is 4. The van der Waals surface area contributed by atoms with Crippen molar-refractivity contribution < 1.29 is 4.74 Å². The number of likely N-dealkylation sites (tertiary alicyclic amines) is 1. The maximum Gasteiger partial charge on any atom is 0.193 e. The highest BCUT2D eigenvalue weighted by Crippen LogP contribution is 2.16. The number of fused-ring (bicyclic) bond motifs is 1. The Balaban J connectivity index is 0.00000243. The standard InChI is InChI=1S/C19H29N5O.HI/c1-4-25-14-16-8-11-24(12-16)19(20-3)21-9-7-17-13-23-10-5-6-15(2)18(23)22-17;/h5-6,10,13,16H,4,7-9,11-12,14H2,1-3H3,(H,20,21);1H. The predicted molar refractivity (Wildman–Crippen MR) is 117 cm³/mol. The Labute approximate surface area is 173 Å². The van der Waals surface area contributed by atoms with E-state index >= 15 is 0 Å². The van der Waals surface area contributed by atoms with Crippen molar-refractivity contribution in [2.75, 3.05) is 39.9 Å². The lowest BCUT2D eigenvalue weighted by Crippen LogP contribution is -2.41. The van der Waals surface area contributed by atoms with E-state index in [9.17, 15) is 0 Å². The number of hydrogen-bond acceptors (Lipinski definition) is 3. The topological polar surface area (TPSA) is 54.2 Å². The van der Waals surface area contributed by atoms with Gasteiger partial charge < -0.3 is 19.4 Å². The van der Waals surface area contributed by atoms with Gasteiger partial charge in [0.25, 0.3) is 0 Å². The van der Waals surface area contributed by atoms with E-state index in [1.165, 1.54) is 12.0 Å². The molecule has 3 heterocycles. The van der Waals surface area contributed by atoms with Crippen molar-refractivity contribution in [2.24, 2.45) is 10.9 Å². The second-order valence-corrected chi connectivity index (χ2v) is 6.64. The summed E-state index contributed by atoms with van der Waals surface area (Å²) < 4.78 is 7.65. The molecule has 0 aliphatic carbocycles. The molecule has 1 unspecified atom stereocenters. The molecule has 1 aliphatic rings. The lowest BCUT2D eigenvalue weighted by atomic mass is 10.1. The van der Waals surface area contributed by atoms with Gasteiger partial charge in [0.05, 0.1) is 12.3 Å². The maximum atomic E-state index is 5.56. The SMILES string of the molecule is CCOCC1CCN(C(=NC)NCCc2cn3cccc(C)c3n2)C1.I. The van der Waals surface area contributed by atoms with E-state index in [0.717, 1.165) is 56.6 Å². The van der Waals surface area contributed by atoms with Crippen molar-refractivity contribution in [3.05, 3.63) is 35.8 Å². The maximum absolute atomic E-state index is 5.56. The summed E-state index contributed by atoms with van der Waals surface area (Å²) in [5, 5.41) is 3.48. The highest BCUT2D eigenvalue weighted by Gasteiger charge is 2.24. The van der Waals surface area contributed by atoms with Crippen molar-refractivity contribution >= 4 is 35.6 Å². The fraction of sp³-hybridized carbons (Fsp3) is 0.579. The first-order chi connectivity index (χ1) is 12.2. The molecular formula is C19H30IN5O. The zero-order valence-corrected chi connectivity index (χ0v) is 18.3. The summed E-state index contributed by atoms with van der Waals surface area (Å²) in [5.41, 5.74) is 3.35. The summed E-state index contributed by atoms with van der Waals surface area (Å²) in [5.74, 6) is 1.60. The van der Waals surface area contributed by atoms with E-state index in [1.807, 2.05) is 20.2 Å². The van der Waals surface area contributed by atoms with Crippen LogP contribution < -0.4 is 5.32 Å². The van der Waals surface area contributed by atoms with Crippen LogP contribution in [0.15, 0.2) is 29.5 Å². The molecule has 6 nitrogen and oxygen atoms in total. The minimum Gasteiger partial charge on any atom is -0.381 e. The summed E-state index contributed by atoms with van der Waals surface area (Å²) in [6.07, 6.45) is 6.22. The molecule has 0 amide bonds. The van der Waals surface area contributed by atoms with Gasteiger partial charge in [-0.2, -0.15) is 0 Å². The van der Waals surface area contributed by atoms with Crippen LogP contribution in [0.3, 0.4) is 0 Å². The van der Waals surface area contributed by atoms with E-state index in [2.05, 4.69) is 44.9 Å². The second-order valence-electron chi connectivity index (χ2n) is 6.64. The van der Waals surface area contributed by atoms with Crippen LogP contribution in [0.25, 0.3) is 5.65 Å². The normalized spacial score (nSPS) is 17.6.